The van der Waals surface area contributed by atoms with Gasteiger partial charge in [-0.1, -0.05) is 19.8 Å². The lowest BCUT2D eigenvalue weighted by molar-refractivity contribution is -0.0813. The molecule has 0 bridgehead atoms. The predicted molar refractivity (Wildman–Crippen MR) is 71.6 cm³/mol. The average molecular weight is 267 g/mol. The summed E-state index contributed by atoms with van der Waals surface area (Å²) in [4.78, 5) is 3.79. The Labute approximate surface area is 113 Å². The van der Waals surface area contributed by atoms with E-state index in [1.165, 1.54) is 12.6 Å². The van der Waals surface area contributed by atoms with Crippen molar-refractivity contribution in [2.24, 2.45) is 11.8 Å². The van der Waals surface area contributed by atoms with Gasteiger partial charge in [-0.05, 0) is 24.8 Å². The standard InChI is InChI=1S/C14H22FN3O/c1-10-4-3-6-14(8-10,19-2)13(18-16)11-5-7-17-9-12(11)15/h5,7,9-10,13,18H,3-4,6,8,16H2,1-2H3. The van der Waals surface area contributed by atoms with Crippen molar-refractivity contribution in [3.05, 3.63) is 29.8 Å². The molecule has 3 N–H and O–H groups in total. The Morgan fingerprint density at radius 1 is 1.63 bits per heavy atom. The van der Waals surface area contributed by atoms with Crippen LogP contribution in [-0.2, 0) is 4.74 Å². The number of pyridine rings is 1. The molecule has 1 aliphatic rings. The molecule has 1 fully saturated rings. The minimum atomic E-state index is -0.450. The van der Waals surface area contributed by atoms with Gasteiger partial charge in [-0.15, -0.1) is 0 Å². The van der Waals surface area contributed by atoms with E-state index in [9.17, 15) is 4.39 Å². The first-order chi connectivity index (χ1) is 9.13. The first kappa shape index (κ1) is 14.4. The molecular weight excluding hydrogens is 245 g/mol. The maximum absolute atomic E-state index is 14.0. The van der Waals surface area contributed by atoms with Crippen LogP contribution in [0, 0.1) is 11.7 Å². The highest BCUT2D eigenvalue weighted by Gasteiger charge is 2.43. The molecule has 3 atom stereocenters. The Balaban J connectivity index is 2.36. The van der Waals surface area contributed by atoms with Gasteiger partial charge in [0.15, 0.2) is 0 Å². The van der Waals surface area contributed by atoms with Crippen LogP contribution in [0.5, 0.6) is 0 Å². The van der Waals surface area contributed by atoms with Crippen LogP contribution < -0.4 is 11.3 Å². The molecule has 0 saturated heterocycles. The van der Waals surface area contributed by atoms with Crippen LogP contribution in [0.4, 0.5) is 4.39 Å². The first-order valence-electron chi connectivity index (χ1n) is 6.73. The molecule has 106 valence electrons. The third-order valence-corrected chi connectivity index (χ3v) is 4.20. The summed E-state index contributed by atoms with van der Waals surface area (Å²) in [5, 5.41) is 0. The number of halogens is 1. The normalized spacial score (nSPS) is 29.2. The number of methoxy groups -OCH3 is 1. The van der Waals surface area contributed by atoms with Gasteiger partial charge in [0.1, 0.15) is 5.82 Å². The molecule has 0 spiro atoms. The number of hydrazine groups is 1. The minimum Gasteiger partial charge on any atom is -0.376 e. The zero-order valence-corrected chi connectivity index (χ0v) is 11.5. The molecule has 2 rings (SSSR count). The SMILES string of the molecule is COC1(C(NN)c2ccncc2F)CCCC(C)C1. The van der Waals surface area contributed by atoms with Gasteiger partial charge in [0.05, 0.1) is 17.8 Å². The lowest BCUT2D eigenvalue weighted by atomic mass is 9.73. The van der Waals surface area contributed by atoms with Crippen molar-refractivity contribution >= 4 is 0 Å². The number of nitrogens with zero attached hydrogens (tertiary/aromatic N) is 1. The maximum atomic E-state index is 14.0. The van der Waals surface area contributed by atoms with E-state index in [0.717, 1.165) is 19.3 Å². The molecule has 3 unspecified atom stereocenters. The van der Waals surface area contributed by atoms with Crippen LogP contribution in [0.25, 0.3) is 0 Å². The van der Waals surface area contributed by atoms with Gasteiger partial charge >= 0.3 is 0 Å². The van der Waals surface area contributed by atoms with Crippen LogP contribution in [0.3, 0.4) is 0 Å². The van der Waals surface area contributed by atoms with Gasteiger partial charge in [-0.3, -0.25) is 10.8 Å². The molecule has 1 aromatic heterocycles. The molecule has 5 heteroatoms. The van der Waals surface area contributed by atoms with Gasteiger partial charge in [0.25, 0.3) is 0 Å². The molecule has 0 radical (unpaired) electrons. The van der Waals surface area contributed by atoms with Crippen molar-refractivity contribution in [1.82, 2.24) is 10.4 Å². The van der Waals surface area contributed by atoms with Crippen LogP contribution in [-0.4, -0.2) is 17.7 Å². The fourth-order valence-corrected chi connectivity index (χ4v) is 3.25. The molecule has 4 nitrogen and oxygen atoms in total. The Morgan fingerprint density at radius 3 is 3.00 bits per heavy atom. The second kappa shape index (κ2) is 5.94. The van der Waals surface area contributed by atoms with Gasteiger partial charge < -0.3 is 4.74 Å². The number of hydrogen-bond donors (Lipinski definition) is 2. The second-order valence-corrected chi connectivity index (χ2v) is 5.47. The van der Waals surface area contributed by atoms with Gasteiger partial charge in [0, 0.05) is 18.9 Å². The number of nitrogens with one attached hydrogen (secondary N) is 1. The Morgan fingerprint density at radius 2 is 2.42 bits per heavy atom. The zero-order valence-electron chi connectivity index (χ0n) is 11.5. The minimum absolute atomic E-state index is 0.347. The summed E-state index contributed by atoms with van der Waals surface area (Å²) in [7, 11) is 1.68. The topological polar surface area (TPSA) is 60.2 Å². The number of aromatic nitrogens is 1. The van der Waals surface area contributed by atoms with Crippen LogP contribution in [0.2, 0.25) is 0 Å². The highest BCUT2D eigenvalue weighted by Crippen LogP contribution is 2.43. The van der Waals surface area contributed by atoms with E-state index in [1.54, 1.807) is 19.4 Å². The largest absolute Gasteiger partial charge is 0.376 e. The van der Waals surface area contributed by atoms with Crippen molar-refractivity contribution < 1.29 is 9.13 Å². The number of nitrogens with two attached hydrogens (primary N) is 1. The number of rotatable bonds is 4. The van der Waals surface area contributed by atoms with E-state index in [-0.39, 0.29) is 11.9 Å². The highest BCUT2D eigenvalue weighted by atomic mass is 19.1. The zero-order chi connectivity index (χ0) is 13.9. The van der Waals surface area contributed by atoms with E-state index < -0.39 is 5.60 Å². The molecule has 1 aliphatic carbocycles. The van der Waals surface area contributed by atoms with Crippen molar-refractivity contribution in [2.45, 2.75) is 44.2 Å². The summed E-state index contributed by atoms with van der Waals surface area (Å²) in [5.41, 5.74) is 2.82. The van der Waals surface area contributed by atoms with Crippen LogP contribution >= 0.6 is 0 Å². The molecule has 19 heavy (non-hydrogen) atoms. The monoisotopic (exact) mass is 267 g/mol. The third-order valence-electron chi connectivity index (χ3n) is 4.20. The molecule has 1 heterocycles. The van der Waals surface area contributed by atoms with Crippen molar-refractivity contribution in [3.8, 4) is 0 Å². The molecule has 1 aromatic rings. The summed E-state index contributed by atoms with van der Waals surface area (Å²) in [6.45, 7) is 2.20. The van der Waals surface area contributed by atoms with Crippen LogP contribution in [0.1, 0.15) is 44.2 Å². The lowest BCUT2D eigenvalue weighted by Crippen LogP contribution is -2.50. The van der Waals surface area contributed by atoms with E-state index >= 15 is 0 Å². The molecule has 0 aromatic carbocycles. The molecule has 0 amide bonds. The predicted octanol–water partition coefficient (Wildman–Crippen LogP) is 2.32. The smallest absolute Gasteiger partial charge is 0.146 e. The average Bonchev–Trinajstić information content (AvgIpc) is 2.42. The second-order valence-electron chi connectivity index (χ2n) is 5.47. The van der Waals surface area contributed by atoms with Crippen molar-refractivity contribution in [2.75, 3.05) is 7.11 Å². The Kier molecular flexibility index (Phi) is 4.50. The van der Waals surface area contributed by atoms with E-state index in [4.69, 9.17) is 10.6 Å². The first-order valence-corrected chi connectivity index (χ1v) is 6.73. The highest BCUT2D eigenvalue weighted by molar-refractivity contribution is 5.22. The maximum Gasteiger partial charge on any atom is 0.146 e. The molecular formula is C14H22FN3O. The van der Waals surface area contributed by atoms with Crippen LogP contribution in [0.15, 0.2) is 18.5 Å². The van der Waals surface area contributed by atoms with Gasteiger partial charge in [-0.2, -0.15) is 0 Å². The molecule has 0 aliphatic heterocycles. The summed E-state index contributed by atoms with van der Waals surface area (Å²) in [5.74, 6) is 5.90. The number of hydrogen-bond acceptors (Lipinski definition) is 4. The quantitative estimate of drug-likeness (QED) is 0.649. The van der Waals surface area contributed by atoms with Crippen molar-refractivity contribution in [1.29, 1.82) is 0 Å². The fourth-order valence-electron chi connectivity index (χ4n) is 3.25. The van der Waals surface area contributed by atoms with E-state index in [0.29, 0.717) is 11.5 Å². The van der Waals surface area contributed by atoms with E-state index in [1.807, 2.05) is 0 Å². The van der Waals surface area contributed by atoms with Gasteiger partial charge in [-0.25, -0.2) is 9.82 Å². The third kappa shape index (κ3) is 2.78. The summed E-state index contributed by atoms with van der Waals surface area (Å²) in [6.07, 6.45) is 6.80. The van der Waals surface area contributed by atoms with E-state index in [2.05, 4.69) is 17.3 Å². The Hall–Kier alpha value is -1.04. The van der Waals surface area contributed by atoms with Crippen molar-refractivity contribution in [3.63, 3.8) is 0 Å². The number of ether oxygens (including phenoxy) is 1. The fraction of sp³-hybridized carbons (Fsp3) is 0.643. The van der Waals surface area contributed by atoms with Gasteiger partial charge in [0.2, 0.25) is 0 Å². The summed E-state index contributed by atoms with van der Waals surface area (Å²) in [6, 6.07) is 1.31. The lowest BCUT2D eigenvalue weighted by Gasteiger charge is -2.44. The summed E-state index contributed by atoms with van der Waals surface area (Å²) >= 11 is 0. The summed E-state index contributed by atoms with van der Waals surface area (Å²) < 4.78 is 19.8. The Bertz CT molecular complexity index is 429. The molecule has 1 saturated carbocycles.